The highest BCUT2D eigenvalue weighted by Gasteiger charge is 2.50. The molecule has 4 rings (SSSR count). The second-order valence-corrected chi connectivity index (χ2v) is 15.1. The standard InChI is InChI=1S/C30H34F2N2O2Si/c1-21-18-34(19-22(2)36-21)29-24(16-23(17-33)27(31)28(29)32)20-35-37(30(3,4)5,25-12-8-6-9-13-25)26-14-10-7-11-15-26/h6-16,21-22H,18-20H2,1-5H3/t21-,22+. The molecule has 0 saturated carbocycles. The van der Waals surface area contributed by atoms with E-state index in [2.05, 4.69) is 45.0 Å². The first-order chi connectivity index (χ1) is 17.6. The molecule has 0 aromatic heterocycles. The van der Waals surface area contributed by atoms with Crippen molar-refractivity contribution in [3.8, 4) is 6.07 Å². The summed E-state index contributed by atoms with van der Waals surface area (Å²) in [6, 6.07) is 23.6. The van der Waals surface area contributed by atoms with Crippen LogP contribution >= 0.6 is 0 Å². The van der Waals surface area contributed by atoms with Gasteiger partial charge in [-0.05, 0) is 35.3 Å². The highest BCUT2D eigenvalue weighted by molar-refractivity contribution is 6.99. The molecule has 1 fully saturated rings. The molecule has 3 aromatic rings. The molecule has 3 aromatic carbocycles. The van der Waals surface area contributed by atoms with Crippen molar-refractivity contribution >= 4 is 24.4 Å². The second kappa shape index (κ2) is 10.7. The van der Waals surface area contributed by atoms with Crippen LogP contribution in [-0.4, -0.2) is 33.6 Å². The molecular formula is C30H34F2N2O2Si. The predicted octanol–water partition coefficient (Wildman–Crippen LogP) is 5.53. The van der Waals surface area contributed by atoms with Gasteiger partial charge in [0.15, 0.2) is 11.6 Å². The van der Waals surface area contributed by atoms with E-state index >= 15 is 4.39 Å². The Balaban J connectivity index is 1.86. The van der Waals surface area contributed by atoms with Gasteiger partial charge in [-0.15, -0.1) is 0 Å². The number of halogens is 2. The zero-order chi connectivity index (χ0) is 26.8. The number of rotatable bonds is 6. The SMILES string of the molecule is C[C@@H]1CN(c2c(CO[Si](c3ccccc3)(c3ccccc3)C(C)(C)C)cc(C#N)c(F)c2F)C[C@H](C)O1. The number of morpholine rings is 1. The van der Waals surface area contributed by atoms with Crippen LogP contribution in [0.1, 0.15) is 45.7 Å². The van der Waals surface area contributed by atoms with Crippen molar-refractivity contribution in [1.82, 2.24) is 0 Å². The van der Waals surface area contributed by atoms with E-state index in [9.17, 15) is 9.65 Å². The average Bonchev–Trinajstić information content (AvgIpc) is 2.86. The molecular weight excluding hydrogens is 486 g/mol. The van der Waals surface area contributed by atoms with Gasteiger partial charge in [0, 0.05) is 18.7 Å². The van der Waals surface area contributed by atoms with Crippen LogP contribution in [0.5, 0.6) is 0 Å². The van der Waals surface area contributed by atoms with Crippen LogP contribution in [0.4, 0.5) is 14.5 Å². The summed E-state index contributed by atoms with van der Waals surface area (Å²) in [5.74, 6) is -2.14. The second-order valence-electron chi connectivity index (χ2n) is 10.8. The van der Waals surface area contributed by atoms with Gasteiger partial charge in [-0.25, -0.2) is 8.78 Å². The van der Waals surface area contributed by atoms with Crippen LogP contribution in [0.2, 0.25) is 5.04 Å². The Morgan fingerprint density at radius 1 is 0.946 bits per heavy atom. The monoisotopic (exact) mass is 520 g/mol. The van der Waals surface area contributed by atoms with Crippen LogP contribution < -0.4 is 15.3 Å². The lowest BCUT2D eigenvalue weighted by Gasteiger charge is -2.43. The smallest absolute Gasteiger partial charge is 0.261 e. The molecule has 37 heavy (non-hydrogen) atoms. The van der Waals surface area contributed by atoms with Gasteiger partial charge in [0.25, 0.3) is 8.32 Å². The fourth-order valence-electron chi connectivity index (χ4n) is 5.51. The Kier molecular flexibility index (Phi) is 7.84. The third-order valence-corrected chi connectivity index (χ3v) is 12.0. The zero-order valence-corrected chi connectivity index (χ0v) is 23.1. The first kappa shape index (κ1) is 27.0. The van der Waals surface area contributed by atoms with Crippen molar-refractivity contribution in [3.05, 3.63) is 89.5 Å². The van der Waals surface area contributed by atoms with Crippen molar-refractivity contribution in [2.24, 2.45) is 0 Å². The minimum absolute atomic E-state index is 0.0363. The first-order valence-corrected chi connectivity index (χ1v) is 14.6. The minimum Gasteiger partial charge on any atom is -0.403 e. The molecule has 0 amide bonds. The Bertz CT molecular complexity index is 1220. The molecule has 0 aliphatic carbocycles. The number of nitrogens with zero attached hydrogens (tertiary/aromatic N) is 2. The maximum Gasteiger partial charge on any atom is 0.261 e. The van der Waals surface area contributed by atoms with Crippen molar-refractivity contribution in [2.45, 2.75) is 58.5 Å². The molecule has 0 bridgehead atoms. The van der Waals surface area contributed by atoms with Gasteiger partial charge in [0.1, 0.15) is 6.07 Å². The molecule has 1 aliphatic heterocycles. The van der Waals surface area contributed by atoms with Gasteiger partial charge in [0.05, 0.1) is 30.1 Å². The predicted molar refractivity (Wildman–Crippen MR) is 146 cm³/mol. The summed E-state index contributed by atoms with van der Waals surface area (Å²) in [4.78, 5) is 1.82. The normalized spacial score (nSPS) is 18.5. The van der Waals surface area contributed by atoms with E-state index in [4.69, 9.17) is 9.16 Å². The molecule has 1 heterocycles. The van der Waals surface area contributed by atoms with E-state index in [0.717, 1.165) is 10.4 Å². The number of hydrogen-bond donors (Lipinski definition) is 0. The van der Waals surface area contributed by atoms with Crippen LogP contribution in [0.15, 0.2) is 66.7 Å². The van der Waals surface area contributed by atoms with Crippen LogP contribution in [0, 0.1) is 23.0 Å². The summed E-state index contributed by atoms with van der Waals surface area (Å²) in [6.07, 6.45) is -0.292. The van der Waals surface area contributed by atoms with E-state index in [1.807, 2.05) is 61.2 Å². The highest BCUT2D eigenvalue weighted by atomic mass is 28.4. The largest absolute Gasteiger partial charge is 0.403 e. The third-order valence-electron chi connectivity index (χ3n) is 6.98. The lowest BCUT2D eigenvalue weighted by molar-refractivity contribution is -0.00553. The minimum atomic E-state index is -2.93. The quantitative estimate of drug-likeness (QED) is 0.401. The van der Waals surface area contributed by atoms with Gasteiger partial charge in [0.2, 0.25) is 0 Å². The summed E-state index contributed by atoms with van der Waals surface area (Å²) in [6.45, 7) is 11.2. The fourth-order valence-corrected chi connectivity index (χ4v) is 10.0. The van der Waals surface area contributed by atoms with Crippen molar-refractivity contribution in [1.29, 1.82) is 5.26 Å². The number of hydrogen-bond acceptors (Lipinski definition) is 4. The number of nitriles is 1. The Hall–Kier alpha value is -3.05. The lowest BCUT2D eigenvalue weighted by Crippen LogP contribution is -2.66. The van der Waals surface area contributed by atoms with Crippen LogP contribution in [0.25, 0.3) is 0 Å². The molecule has 7 heteroatoms. The Labute approximate surface area is 219 Å². The molecule has 0 radical (unpaired) electrons. The topological polar surface area (TPSA) is 45.5 Å². The summed E-state index contributed by atoms with van der Waals surface area (Å²) < 4.78 is 43.3. The Morgan fingerprint density at radius 3 is 1.92 bits per heavy atom. The van der Waals surface area contributed by atoms with Crippen molar-refractivity contribution in [2.75, 3.05) is 18.0 Å². The van der Waals surface area contributed by atoms with E-state index in [1.165, 1.54) is 6.07 Å². The summed E-state index contributed by atoms with van der Waals surface area (Å²) in [7, 11) is -2.93. The number of anilines is 1. The molecule has 194 valence electrons. The van der Waals surface area contributed by atoms with Gasteiger partial charge in [-0.1, -0.05) is 81.4 Å². The highest BCUT2D eigenvalue weighted by Crippen LogP contribution is 2.39. The number of ether oxygens (including phenoxy) is 1. The Morgan fingerprint density at radius 2 is 1.46 bits per heavy atom. The maximum atomic E-state index is 15.6. The molecule has 0 spiro atoms. The van der Waals surface area contributed by atoms with Gasteiger partial charge < -0.3 is 14.1 Å². The third kappa shape index (κ3) is 5.19. The summed E-state index contributed by atoms with van der Waals surface area (Å²) >= 11 is 0. The van der Waals surface area contributed by atoms with Crippen LogP contribution in [0.3, 0.4) is 0 Å². The average molecular weight is 521 g/mol. The molecule has 0 unspecified atom stereocenters. The molecule has 2 atom stereocenters. The van der Waals surface area contributed by atoms with Crippen molar-refractivity contribution in [3.63, 3.8) is 0 Å². The summed E-state index contributed by atoms with van der Waals surface area (Å²) in [5, 5.41) is 11.4. The molecule has 1 aliphatic rings. The van der Waals surface area contributed by atoms with Gasteiger partial charge in [-0.3, -0.25) is 0 Å². The maximum absolute atomic E-state index is 15.6. The van der Waals surface area contributed by atoms with Crippen molar-refractivity contribution < 1.29 is 17.9 Å². The van der Waals surface area contributed by atoms with Crippen LogP contribution in [-0.2, 0) is 15.8 Å². The van der Waals surface area contributed by atoms with Gasteiger partial charge >= 0.3 is 0 Å². The first-order valence-electron chi connectivity index (χ1n) is 12.6. The fraction of sp³-hybridized carbons (Fsp3) is 0.367. The van der Waals surface area contributed by atoms with Gasteiger partial charge in [-0.2, -0.15) is 5.26 Å². The molecule has 1 saturated heterocycles. The lowest BCUT2D eigenvalue weighted by atomic mass is 10.1. The molecule has 4 nitrogen and oxygen atoms in total. The zero-order valence-electron chi connectivity index (χ0n) is 22.1. The van der Waals surface area contributed by atoms with E-state index in [1.54, 1.807) is 0 Å². The van der Waals surface area contributed by atoms with E-state index in [0.29, 0.717) is 18.7 Å². The van der Waals surface area contributed by atoms with E-state index in [-0.39, 0.29) is 35.1 Å². The van der Waals surface area contributed by atoms with E-state index < -0.39 is 20.0 Å². The number of benzene rings is 3. The molecule has 0 N–H and O–H groups in total. The summed E-state index contributed by atoms with van der Waals surface area (Å²) in [5.41, 5.74) is 0.290.